The summed E-state index contributed by atoms with van der Waals surface area (Å²) in [7, 11) is -3.57. The van der Waals surface area contributed by atoms with Crippen LogP contribution in [0.5, 0.6) is 0 Å². The molecule has 0 N–H and O–H groups in total. The number of hydrogen-bond donors (Lipinski definition) is 0. The Balaban J connectivity index is 2.11. The van der Waals surface area contributed by atoms with Crippen LogP contribution in [0, 0.1) is 0 Å². The van der Waals surface area contributed by atoms with Crippen molar-refractivity contribution in [3.05, 3.63) is 33.9 Å². The van der Waals surface area contributed by atoms with Crippen molar-refractivity contribution in [2.75, 3.05) is 13.1 Å². The third-order valence-corrected chi connectivity index (χ3v) is 6.59. The highest BCUT2D eigenvalue weighted by molar-refractivity contribution is 9.10. The number of benzene rings is 1. The van der Waals surface area contributed by atoms with E-state index in [9.17, 15) is 8.42 Å². The van der Waals surface area contributed by atoms with Gasteiger partial charge in [-0.3, -0.25) is 4.98 Å². The van der Waals surface area contributed by atoms with Crippen LogP contribution in [0.25, 0.3) is 10.9 Å². The van der Waals surface area contributed by atoms with Gasteiger partial charge in [-0.1, -0.05) is 40.0 Å². The molecule has 0 unspecified atom stereocenters. The zero-order valence-electron chi connectivity index (χ0n) is 11.2. The summed E-state index contributed by atoms with van der Waals surface area (Å²) >= 11 is 9.70. The lowest BCUT2D eigenvalue weighted by Crippen LogP contribution is -2.35. The van der Waals surface area contributed by atoms with Crippen molar-refractivity contribution in [1.29, 1.82) is 0 Å². The molecule has 0 saturated carbocycles. The van der Waals surface area contributed by atoms with E-state index >= 15 is 0 Å². The molecule has 7 heteroatoms. The molecule has 1 saturated heterocycles. The molecule has 21 heavy (non-hydrogen) atoms. The number of aromatic nitrogens is 1. The molecule has 0 spiro atoms. The Morgan fingerprint density at radius 2 is 1.90 bits per heavy atom. The molecule has 3 rings (SSSR count). The SMILES string of the molecule is O=S(=O)(c1cnc2cc(Br)ccc2c1Cl)N1CCCCC1. The van der Waals surface area contributed by atoms with Crippen molar-refractivity contribution in [3.8, 4) is 0 Å². The highest BCUT2D eigenvalue weighted by Crippen LogP contribution is 2.32. The second-order valence-electron chi connectivity index (χ2n) is 5.06. The molecule has 2 aromatic rings. The predicted molar refractivity (Wildman–Crippen MR) is 87.1 cm³/mol. The molecule has 1 aliphatic heterocycles. The number of nitrogens with zero attached hydrogens (tertiary/aromatic N) is 2. The zero-order chi connectivity index (χ0) is 15.0. The average molecular weight is 390 g/mol. The van der Waals surface area contributed by atoms with Gasteiger partial charge in [0.1, 0.15) is 4.90 Å². The van der Waals surface area contributed by atoms with Crippen LogP contribution in [0.4, 0.5) is 0 Å². The third-order valence-electron chi connectivity index (χ3n) is 3.67. The summed E-state index contributed by atoms with van der Waals surface area (Å²) in [4.78, 5) is 4.34. The Kier molecular flexibility index (Phi) is 4.23. The van der Waals surface area contributed by atoms with Crippen LogP contribution in [0.3, 0.4) is 0 Å². The van der Waals surface area contributed by atoms with Crippen molar-refractivity contribution in [2.24, 2.45) is 0 Å². The molecule has 0 radical (unpaired) electrons. The maximum absolute atomic E-state index is 12.7. The zero-order valence-corrected chi connectivity index (χ0v) is 14.4. The summed E-state index contributed by atoms with van der Waals surface area (Å²) in [6.45, 7) is 1.11. The number of pyridine rings is 1. The Hall–Kier alpha value is -0.690. The second kappa shape index (κ2) is 5.83. The Morgan fingerprint density at radius 3 is 2.62 bits per heavy atom. The van der Waals surface area contributed by atoms with E-state index in [1.54, 1.807) is 6.07 Å². The van der Waals surface area contributed by atoms with Crippen molar-refractivity contribution in [1.82, 2.24) is 9.29 Å². The molecule has 1 fully saturated rings. The van der Waals surface area contributed by atoms with E-state index in [1.165, 1.54) is 10.5 Å². The summed E-state index contributed by atoms with van der Waals surface area (Å²) in [5.74, 6) is 0. The number of rotatable bonds is 2. The standard InChI is InChI=1S/C14H14BrClN2O2S/c15-10-4-5-11-12(8-10)17-9-13(14(11)16)21(19,20)18-6-2-1-3-7-18/h4-5,8-9H,1-3,6-7H2. The number of hydrogen-bond acceptors (Lipinski definition) is 3. The number of fused-ring (bicyclic) bond motifs is 1. The second-order valence-corrected chi connectivity index (χ2v) is 8.26. The van der Waals surface area contributed by atoms with Gasteiger partial charge in [-0.05, 0) is 25.0 Å². The van der Waals surface area contributed by atoms with Crippen molar-refractivity contribution >= 4 is 48.5 Å². The van der Waals surface area contributed by atoms with Gasteiger partial charge in [-0.25, -0.2) is 8.42 Å². The fourth-order valence-corrected chi connectivity index (χ4v) is 4.93. The topological polar surface area (TPSA) is 50.3 Å². The molecule has 0 bridgehead atoms. The first-order chi connectivity index (χ1) is 10.00. The molecule has 1 aromatic carbocycles. The fourth-order valence-electron chi connectivity index (χ4n) is 2.54. The first-order valence-corrected chi connectivity index (χ1v) is 9.35. The molecule has 0 aliphatic carbocycles. The largest absolute Gasteiger partial charge is 0.255 e. The minimum atomic E-state index is -3.57. The van der Waals surface area contributed by atoms with Gasteiger partial charge >= 0.3 is 0 Å². The van der Waals surface area contributed by atoms with Crippen LogP contribution in [0.1, 0.15) is 19.3 Å². The van der Waals surface area contributed by atoms with Gasteiger partial charge in [0.2, 0.25) is 10.0 Å². The first kappa shape index (κ1) is 15.2. The summed E-state index contributed by atoms with van der Waals surface area (Å²) in [6, 6.07) is 5.43. The van der Waals surface area contributed by atoms with Gasteiger partial charge in [0.25, 0.3) is 0 Å². The number of sulfonamides is 1. The predicted octanol–water partition coefficient (Wildman–Crippen LogP) is 3.83. The van der Waals surface area contributed by atoms with Crippen LogP contribution in [-0.2, 0) is 10.0 Å². The van der Waals surface area contributed by atoms with E-state index in [2.05, 4.69) is 20.9 Å². The van der Waals surface area contributed by atoms with Gasteiger partial charge in [0.05, 0.1) is 10.5 Å². The van der Waals surface area contributed by atoms with Gasteiger partial charge in [0, 0.05) is 29.1 Å². The Morgan fingerprint density at radius 1 is 1.19 bits per heavy atom. The molecule has 1 aromatic heterocycles. The fraction of sp³-hybridized carbons (Fsp3) is 0.357. The number of halogens is 2. The summed E-state index contributed by atoms with van der Waals surface area (Å²) < 4.78 is 27.8. The summed E-state index contributed by atoms with van der Waals surface area (Å²) in [6.07, 6.45) is 4.22. The molecule has 112 valence electrons. The molecule has 0 amide bonds. The van der Waals surface area contributed by atoms with Gasteiger partial charge in [-0.2, -0.15) is 4.31 Å². The van der Waals surface area contributed by atoms with Crippen LogP contribution in [0.15, 0.2) is 33.8 Å². The lowest BCUT2D eigenvalue weighted by molar-refractivity contribution is 0.346. The first-order valence-electron chi connectivity index (χ1n) is 6.74. The quantitative estimate of drug-likeness (QED) is 0.784. The van der Waals surface area contributed by atoms with E-state index in [-0.39, 0.29) is 9.92 Å². The lowest BCUT2D eigenvalue weighted by atomic mass is 10.2. The normalized spacial score (nSPS) is 17.2. The van der Waals surface area contributed by atoms with E-state index in [0.29, 0.717) is 24.0 Å². The summed E-state index contributed by atoms with van der Waals surface area (Å²) in [5.41, 5.74) is 0.673. The van der Waals surface area contributed by atoms with Gasteiger partial charge in [0.15, 0.2) is 0 Å². The summed E-state index contributed by atoms with van der Waals surface area (Å²) in [5, 5.41) is 0.899. The molecule has 2 heterocycles. The van der Waals surface area contributed by atoms with E-state index in [1.807, 2.05) is 12.1 Å². The molecule has 4 nitrogen and oxygen atoms in total. The van der Waals surface area contributed by atoms with Crippen LogP contribution in [0.2, 0.25) is 5.02 Å². The van der Waals surface area contributed by atoms with Crippen LogP contribution >= 0.6 is 27.5 Å². The maximum Gasteiger partial charge on any atom is 0.246 e. The Bertz CT molecular complexity index is 789. The Labute approximate surface area is 137 Å². The van der Waals surface area contributed by atoms with Crippen molar-refractivity contribution in [2.45, 2.75) is 24.2 Å². The molecular formula is C14H14BrClN2O2S. The van der Waals surface area contributed by atoms with Crippen LogP contribution in [-0.4, -0.2) is 30.8 Å². The highest BCUT2D eigenvalue weighted by atomic mass is 79.9. The van der Waals surface area contributed by atoms with Gasteiger partial charge < -0.3 is 0 Å². The molecule has 0 atom stereocenters. The minimum absolute atomic E-state index is 0.0980. The molecule has 1 aliphatic rings. The lowest BCUT2D eigenvalue weighted by Gasteiger charge is -2.26. The minimum Gasteiger partial charge on any atom is -0.255 e. The molecular weight excluding hydrogens is 376 g/mol. The van der Waals surface area contributed by atoms with Crippen LogP contribution < -0.4 is 0 Å². The highest BCUT2D eigenvalue weighted by Gasteiger charge is 2.29. The van der Waals surface area contributed by atoms with Crippen molar-refractivity contribution in [3.63, 3.8) is 0 Å². The van der Waals surface area contributed by atoms with E-state index in [4.69, 9.17) is 11.6 Å². The monoisotopic (exact) mass is 388 g/mol. The maximum atomic E-state index is 12.7. The smallest absolute Gasteiger partial charge is 0.246 e. The average Bonchev–Trinajstić information content (AvgIpc) is 2.48. The van der Waals surface area contributed by atoms with E-state index < -0.39 is 10.0 Å². The van der Waals surface area contributed by atoms with Gasteiger partial charge in [-0.15, -0.1) is 0 Å². The van der Waals surface area contributed by atoms with E-state index in [0.717, 1.165) is 23.7 Å². The third kappa shape index (κ3) is 2.82. The van der Waals surface area contributed by atoms with Crippen molar-refractivity contribution < 1.29 is 8.42 Å². The number of piperidine rings is 1.